The largest absolute Gasteiger partial charge is 0.477 e. The van der Waals surface area contributed by atoms with Gasteiger partial charge in [0.1, 0.15) is 12.4 Å². The second-order valence-corrected chi connectivity index (χ2v) is 6.99. The number of aliphatic carboxylic acids is 1. The van der Waals surface area contributed by atoms with Gasteiger partial charge in [0.15, 0.2) is 6.54 Å². The number of carbonyl (C=O) groups is 1. The summed E-state index contributed by atoms with van der Waals surface area (Å²) in [4.78, 5) is 15.6. The number of nitrogens with zero attached hydrogens (tertiary/aromatic N) is 2. The molecule has 5 nitrogen and oxygen atoms in total. The average Bonchev–Trinajstić information content (AvgIpc) is 2.96. The highest BCUT2D eigenvalue weighted by Gasteiger charge is 2.40. The maximum Gasteiger partial charge on any atom is 0.360 e. The van der Waals surface area contributed by atoms with Crippen LogP contribution in [0.4, 0.5) is 0 Å². The minimum Gasteiger partial charge on any atom is -0.477 e. The molecule has 0 aromatic carbocycles. The summed E-state index contributed by atoms with van der Waals surface area (Å²) in [7, 11) is 0. The molecule has 0 bridgehead atoms. The zero-order chi connectivity index (χ0) is 18.5. The third-order valence-corrected chi connectivity index (χ3v) is 4.82. The molecule has 25 heavy (non-hydrogen) atoms. The van der Waals surface area contributed by atoms with Crippen LogP contribution >= 0.6 is 0 Å². The Balaban J connectivity index is 2.22. The first-order valence-corrected chi connectivity index (χ1v) is 9.77. The van der Waals surface area contributed by atoms with Crippen molar-refractivity contribution in [3.05, 3.63) is 24.6 Å². The molecular formula is C20H36N3O2+. The topological polar surface area (TPSA) is 75.7 Å². The molecule has 0 aromatic heterocycles. The highest BCUT2D eigenvalue weighted by atomic mass is 16.4. The normalized spacial score (nSPS) is 21.0. The van der Waals surface area contributed by atoms with Crippen LogP contribution in [0.25, 0.3) is 0 Å². The quantitative estimate of drug-likeness (QED) is 0.274. The third kappa shape index (κ3) is 7.53. The summed E-state index contributed by atoms with van der Waals surface area (Å²) < 4.78 is 0.163. The molecule has 5 heteroatoms. The Bertz CT molecular complexity index is 483. The smallest absolute Gasteiger partial charge is 0.360 e. The third-order valence-electron chi connectivity index (χ3n) is 4.82. The van der Waals surface area contributed by atoms with Gasteiger partial charge < -0.3 is 5.11 Å². The lowest BCUT2D eigenvalue weighted by molar-refractivity contribution is -0.805. The average molecular weight is 351 g/mol. The van der Waals surface area contributed by atoms with Crippen LogP contribution in [0.15, 0.2) is 29.5 Å². The number of nitrogens with two attached hydrogens (primary N) is 1. The van der Waals surface area contributed by atoms with Gasteiger partial charge in [-0.05, 0) is 32.1 Å². The van der Waals surface area contributed by atoms with Crippen LogP contribution in [-0.2, 0) is 4.79 Å². The minimum absolute atomic E-state index is 0.0319. The van der Waals surface area contributed by atoms with Crippen LogP contribution in [0.2, 0.25) is 0 Å². The second kappa shape index (κ2) is 12.0. The van der Waals surface area contributed by atoms with Crippen molar-refractivity contribution in [1.82, 2.24) is 0 Å². The van der Waals surface area contributed by atoms with E-state index in [0.29, 0.717) is 0 Å². The van der Waals surface area contributed by atoms with E-state index in [0.717, 1.165) is 31.5 Å². The standard InChI is InChI=1S/C20H35N3O2/c1-3-4-5-6-7-8-9-10-11-12-13-14-19-22-15-16-23(19,18(2)21)17-20(24)25/h7-8,15-16,18H,3-6,9-14,17,21H2,1-2H3/p+1/b8-7+. The number of carboxylic acids is 1. The summed E-state index contributed by atoms with van der Waals surface area (Å²) in [5, 5.41) is 9.20. The van der Waals surface area contributed by atoms with Crippen LogP contribution < -0.4 is 5.73 Å². The Morgan fingerprint density at radius 2 is 1.84 bits per heavy atom. The lowest BCUT2D eigenvalue weighted by atomic mass is 10.1. The van der Waals surface area contributed by atoms with Crippen molar-refractivity contribution in [3.63, 3.8) is 0 Å². The van der Waals surface area contributed by atoms with Crippen molar-refractivity contribution in [2.24, 2.45) is 10.7 Å². The summed E-state index contributed by atoms with van der Waals surface area (Å²) in [5.41, 5.74) is 6.07. The van der Waals surface area contributed by atoms with Crippen molar-refractivity contribution in [2.75, 3.05) is 6.54 Å². The van der Waals surface area contributed by atoms with Gasteiger partial charge >= 0.3 is 5.97 Å². The minimum atomic E-state index is -0.845. The van der Waals surface area contributed by atoms with Crippen molar-refractivity contribution < 1.29 is 14.4 Å². The number of carboxylic acid groups (broad SMARTS) is 1. The Hall–Kier alpha value is -1.46. The van der Waals surface area contributed by atoms with E-state index in [4.69, 9.17) is 5.73 Å². The molecule has 3 N–H and O–H groups in total. The van der Waals surface area contributed by atoms with E-state index < -0.39 is 5.97 Å². The van der Waals surface area contributed by atoms with Crippen molar-refractivity contribution >= 4 is 11.8 Å². The van der Waals surface area contributed by atoms with Gasteiger partial charge in [-0.15, -0.1) is 0 Å². The van der Waals surface area contributed by atoms with Gasteiger partial charge in [-0.25, -0.2) is 14.3 Å². The van der Waals surface area contributed by atoms with Crippen LogP contribution in [0.1, 0.15) is 78.1 Å². The maximum atomic E-state index is 11.2. The fraction of sp³-hybridized carbons (Fsp3) is 0.700. The SMILES string of the molecule is CCCCC/C=C/CCCCCCC1=NC=C[N+]1(CC(=O)O)C(C)N. The van der Waals surface area contributed by atoms with Crippen LogP contribution in [0.3, 0.4) is 0 Å². The molecular weight excluding hydrogens is 314 g/mol. The van der Waals surface area contributed by atoms with Gasteiger partial charge in [0.25, 0.3) is 0 Å². The number of amidine groups is 1. The highest BCUT2D eigenvalue weighted by Crippen LogP contribution is 2.23. The van der Waals surface area contributed by atoms with Crippen molar-refractivity contribution in [1.29, 1.82) is 0 Å². The van der Waals surface area contributed by atoms with Gasteiger partial charge in [0.2, 0.25) is 5.84 Å². The van der Waals surface area contributed by atoms with E-state index in [2.05, 4.69) is 24.1 Å². The zero-order valence-electron chi connectivity index (χ0n) is 16.0. The molecule has 0 saturated carbocycles. The lowest BCUT2D eigenvalue weighted by Gasteiger charge is -2.34. The first-order valence-electron chi connectivity index (χ1n) is 9.77. The molecule has 142 valence electrons. The molecule has 2 atom stereocenters. The Kier molecular flexibility index (Phi) is 10.3. The fourth-order valence-corrected chi connectivity index (χ4v) is 3.23. The summed E-state index contributed by atoms with van der Waals surface area (Å²) in [6.07, 6.45) is 19.5. The first-order chi connectivity index (χ1) is 12.0. The summed E-state index contributed by atoms with van der Waals surface area (Å²) >= 11 is 0. The molecule has 1 aliphatic rings. The van der Waals surface area contributed by atoms with E-state index in [1.165, 1.54) is 38.5 Å². The number of allylic oxidation sites excluding steroid dienone is 2. The Morgan fingerprint density at radius 3 is 2.44 bits per heavy atom. The molecule has 0 amide bonds. The van der Waals surface area contributed by atoms with E-state index in [9.17, 15) is 9.90 Å². The predicted octanol–water partition coefficient (Wildman–Crippen LogP) is 4.55. The second-order valence-electron chi connectivity index (χ2n) is 6.99. The van der Waals surface area contributed by atoms with Gasteiger partial charge in [-0.3, -0.25) is 5.73 Å². The summed E-state index contributed by atoms with van der Waals surface area (Å²) in [5.74, 6) is 0.0375. The van der Waals surface area contributed by atoms with Crippen LogP contribution in [0, 0.1) is 0 Å². The molecule has 0 radical (unpaired) electrons. The molecule has 0 aliphatic carbocycles. The van der Waals surface area contributed by atoms with E-state index in [-0.39, 0.29) is 17.2 Å². The number of quaternary nitrogens is 1. The van der Waals surface area contributed by atoms with Crippen LogP contribution in [0.5, 0.6) is 0 Å². The monoisotopic (exact) mass is 350 g/mol. The first kappa shape index (κ1) is 21.6. The molecule has 0 aromatic rings. The molecule has 0 saturated heterocycles. The van der Waals surface area contributed by atoms with Gasteiger partial charge in [-0.1, -0.05) is 44.8 Å². The molecule has 0 fully saturated rings. The number of unbranched alkanes of at least 4 members (excludes halogenated alkanes) is 7. The van der Waals surface area contributed by atoms with Crippen molar-refractivity contribution in [3.8, 4) is 0 Å². The highest BCUT2D eigenvalue weighted by molar-refractivity contribution is 5.81. The van der Waals surface area contributed by atoms with E-state index in [1.54, 1.807) is 6.20 Å². The van der Waals surface area contributed by atoms with Gasteiger partial charge in [-0.2, -0.15) is 0 Å². The number of hydrogen-bond donors (Lipinski definition) is 2. The van der Waals surface area contributed by atoms with E-state index >= 15 is 0 Å². The maximum absolute atomic E-state index is 11.2. The lowest BCUT2D eigenvalue weighted by Crippen LogP contribution is -2.59. The number of hydrogen-bond acceptors (Lipinski definition) is 3. The number of rotatable bonds is 14. The molecule has 0 spiro atoms. The van der Waals surface area contributed by atoms with Crippen LogP contribution in [-0.4, -0.2) is 34.1 Å². The molecule has 2 unspecified atom stereocenters. The van der Waals surface area contributed by atoms with Gasteiger partial charge in [0, 0.05) is 13.3 Å². The number of aliphatic imine (C=N–C) groups is 1. The Morgan fingerprint density at radius 1 is 1.20 bits per heavy atom. The molecule has 1 aliphatic heterocycles. The molecule has 1 heterocycles. The predicted molar refractivity (Wildman–Crippen MR) is 104 cm³/mol. The zero-order valence-corrected chi connectivity index (χ0v) is 16.0. The fourth-order valence-electron chi connectivity index (χ4n) is 3.23. The Labute approximate surface area is 152 Å². The van der Waals surface area contributed by atoms with Crippen molar-refractivity contribution in [2.45, 2.75) is 84.2 Å². The van der Waals surface area contributed by atoms with Gasteiger partial charge in [0.05, 0.1) is 6.20 Å². The molecule has 1 rings (SSSR count). The summed E-state index contributed by atoms with van der Waals surface area (Å²) in [6.45, 7) is 4.05. The summed E-state index contributed by atoms with van der Waals surface area (Å²) in [6, 6.07) is 0. The van der Waals surface area contributed by atoms with E-state index in [1.807, 2.05) is 13.1 Å².